The Hall–Kier alpha value is -2.66. The standard InChI is InChI=1S/C24H28N6O3S.ClH/c1-33-21-5-3-17-22(29-21)18(6-10-26-17)30-12-8-24(32,9-13-30)7-11-25-14-16-2-4-19-23(27-16)28-20(31)15-34-19;/h2-6,10,25,32H,7-9,11-15H2,1H3,(H,27,28,31);1H. The van der Waals surface area contributed by atoms with Crippen molar-refractivity contribution in [2.45, 2.75) is 36.3 Å². The van der Waals surface area contributed by atoms with Gasteiger partial charge in [-0.05, 0) is 50.1 Å². The van der Waals surface area contributed by atoms with Crippen LogP contribution in [0.2, 0.25) is 0 Å². The maximum atomic E-state index is 11.6. The Kier molecular flexibility index (Phi) is 7.95. The summed E-state index contributed by atoms with van der Waals surface area (Å²) in [6.07, 6.45) is 3.84. The van der Waals surface area contributed by atoms with E-state index in [9.17, 15) is 9.90 Å². The van der Waals surface area contributed by atoms with Crippen molar-refractivity contribution >= 4 is 52.6 Å². The Balaban J connectivity index is 0.00000289. The maximum Gasteiger partial charge on any atom is 0.235 e. The highest BCUT2D eigenvalue weighted by atomic mass is 35.5. The first-order chi connectivity index (χ1) is 16.5. The van der Waals surface area contributed by atoms with Gasteiger partial charge in [0.2, 0.25) is 11.8 Å². The van der Waals surface area contributed by atoms with Crippen molar-refractivity contribution in [2.75, 3.05) is 42.7 Å². The first kappa shape index (κ1) is 25.4. The number of pyridine rings is 3. The van der Waals surface area contributed by atoms with Crippen molar-refractivity contribution < 1.29 is 14.6 Å². The molecule has 11 heteroatoms. The number of anilines is 2. The quantitative estimate of drug-likeness (QED) is 0.408. The fourth-order valence-corrected chi connectivity index (χ4v) is 5.17. The first-order valence-electron chi connectivity index (χ1n) is 11.4. The summed E-state index contributed by atoms with van der Waals surface area (Å²) >= 11 is 1.51. The summed E-state index contributed by atoms with van der Waals surface area (Å²) in [4.78, 5) is 28.4. The molecule has 3 aromatic heterocycles. The predicted octanol–water partition coefficient (Wildman–Crippen LogP) is 3.01. The van der Waals surface area contributed by atoms with Gasteiger partial charge in [-0.3, -0.25) is 9.78 Å². The van der Waals surface area contributed by atoms with E-state index in [1.807, 2.05) is 30.3 Å². The number of amides is 1. The van der Waals surface area contributed by atoms with E-state index in [0.717, 1.165) is 40.4 Å². The highest BCUT2D eigenvalue weighted by Gasteiger charge is 2.32. The van der Waals surface area contributed by atoms with Gasteiger partial charge in [-0.2, -0.15) is 0 Å². The topological polar surface area (TPSA) is 113 Å². The molecule has 2 aliphatic heterocycles. The van der Waals surface area contributed by atoms with Crippen molar-refractivity contribution in [1.29, 1.82) is 0 Å². The van der Waals surface area contributed by atoms with E-state index < -0.39 is 5.60 Å². The van der Waals surface area contributed by atoms with Gasteiger partial charge in [0, 0.05) is 31.9 Å². The second kappa shape index (κ2) is 10.9. The molecule has 0 aromatic carbocycles. The molecule has 2 aliphatic rings. The van der Waals surface area contributed by atoms with Gasteiger partial charge in [0.1, 0.15) is 11.3 Å². The smallest absolute Gasteiger partial charge is 0.235 e. The van der Waals surface area contributed by atoms with E-state index in [4.69, 9.17) is 4.74 Å². The fourth-order valence-electron chi connectivity index (χ4n) is 4.42. The van der Waals surface area contributed by atoms with E-state index in [1.54, 1.807) is 13.3 Å². The molecular weight excluding hydrogens is 488 g/mol. The van der Waals surface area contributed by atoms with Crippen molar-refractivity contribution in [3.63, 3.8) is 0 Å². The van der Waals surface area contributed by atoms with Gasteiger partial charge in [0.25, 0.3) is 0 Å². The highest BCUT2D eigenvalue weighted by Crippen LogP contribution is 2.32. The normalized spacial score (nSPS) is 16.9. The van der Waals surface area contributed by atoms with E-state index in [-0.39, 0.29) is 18.3 Å². The molecule has 1 fully saturated rings. The third-order valence-corrected chi connectivity index (χ3v) is 7.43. The molecule has 0 saturated carbocycles. The monoisotopic (exact) mass is 516 g/mol. The molecule has 3 aromatic rings. The summed E-state index contributed by atoms with van der Waals surface area (Å²) in [5, 5.41) is 17.3. The van der Waals surface area contributed by atoms with Gasteiger partial charge in [-0.25, -0.2) is 9.97 Å². The van der Waals surface area contributed by atoms with Crippen LogP contribution in [-0.4, -0.2) is 64.1 Å². The number of fused-ring (bicyclic) bond motifs is 2. The molecule has 0 radical (unpaired) electrons. The van der Waals surface area contributed by atoms with Gasteiger partial charge >= 0.3 is 0 Å². The van der Waals surface area contributed by atoms with Crippen molar-refractivity contribution in [3.05, 3.63) is 42.2 Å². The van der Waals surface area contributed by atoms with Crippen LogP contribution in [0.15, 0.2) is 41.4 Å². The largest absolute Gasteiger partial charge is 0.481 e. The number of aliphatic hydroxyl groups is 1. The average Bonchev–Trinajstić information content (AvgIpc) is 2.86. The second-order valence-electron chi connectivity index (χ2n) is 8.68. The van der Waals surface area contributed by atoms with Crippen LogP contribution < -0.4 is 20.3 Å². The molecule has 35 heavy (non-hydrogen) atoms. The van der Waals surface area contributed by atoms with Crippen LogP contribution in [0.4, 0.5) is 11.5 Å². The molecule has 0 spiro atoms. The lowest BCUT2D eigenvalue weighted by atomic mass is 9.88. The van der Waals surface area contributed by atoms with Gasteiger partial charge in [0.05, 0.1) is 40.3 Å². The van der Waals surface area contributed by atoms with E-state index in [1.165, 1.54) is 11.8 Å². The lowest BCUT2D eigenvalue weighted by Gasteiger charge is -2.39. The van der Waals surface area contributed by atoms with E-state index in [2.05, 4.69) is 30.5 Å². The van der Waals surface area contributed by atoms with Gasteiger partial charge in [-0.1, -0.05) is 0 Å². The highest BCUT2D eigenvalue weighted by molar-refractivity contribution is 8.00. The third-order valence-electron chi connectivity index (χ3n) is 6.39. The number of ether oxygens (including phenoxy) is 1. The van der Waals surface area contributed by atoms with Crippen LogP contribution >= 0.6 is 24.2 Å². The number of hydrogen-bond donors (Lipinski definition) is 3. The minimum Gasteiger partial charge on any atom is -0.481 e. The van der Waals surface area contributed by atoms with Crippen molar-refractivity contribution in [3.8, 4) is 5.88 Å². The van der Waals surface area contributed by atoms with Crippen LogP contribution in [0, 0.1) is 0 Å². The SMILES string of the molecule is COc1ccc2nccc(N3CCC(O)(CCNCc4ccc5c(n4)NC(=O)CS5)CC3)c2n1.Cl. The van der Waals surface area contributed by atoms with Crippen LogP contribution in [0.1, 0.15) is 25.0 Å². The van der Waals surface area contributed by atoms with Crippen LogP contribution in [0.5, 0.6) is 5.88 Å². The lowest BCUT2D eigenvalue weighted by Crippen LogP contribution is -2.45. The van der Waals surface area contributed by atoms with Crippen molar-refractivity contribution in [1.82, 2.24) is 20.3 Å². The minimum atomic E-state index is -0.703. The number of halogens is 1. The number of rotatable bonds is 7. The molecule has 0 atom stereocenters. The predicted molar refractivity (Wildman–Crippen MR) is 140 cm³/mol. The van der Waals surface area contributed by atoms with Crippen molar-refractivity contribution in [2.24, 2.45) is 0 Å². The Morgan fingerprint density at radius 2 is 2.03 bits per heavy atom. The fraction of sp³-hybridized carbons (Fsp3) is 0.417. The first-order valence-corrected chi connectivity index (χ1v) is 12.4. The zero-order valence-electron chi connectivity index (χ0n) is 19.5. The third kappa shape index (κ3) is 5.78. The summed E-state index contributed by atoms with van der Waals surface area (Å²) in [6.45, 7) is 2.77. The lowest BCUT2D eigenvalue weighted by molar-refractivity contribution is -0.113. The van der Waals surface area contributed by atoms with Gasteiger partial charge < -0.3 is 25.4 Å². The molecule has 1 amide bonds. The van der Waals surface area contributed by atoms with Gasteiger partial charge in [0.15, 0.2) is 0 Å². The van der Waals surface area contributed by atoms with Gasteiger partial charge in [-0.15, -0.1) is 24.2 Å². The number of nitrogens with zero attached hydrogens (tertiary/aromatic N) is 4. The summed E-state index contributed by atoms with van der Waals surface area (Å²) in [5.74, 6) is 1.63. The number of nitrogens with one attached hydrogen (secondary N) is 2. The Labute approximate surface area is 214 Å². The van der Waals surface area contributed by atoms with E-state index in [0.29, 0.717) is 49.8 Å². The maximum absolute atomic E-state index is 11.6. The molecule has 1 saturated heterocycles. The summed E-state index contributed by atoms with van der Waals surface area (Å²) in [7, 11) is 1.61. The second-order valence-corrected chi connectivity index (χ2v) is 9.69. The number of aromatic nitrogens is 3. The Bertz CT molecular complexity index is 1210. The average molecular weight is 517 g/mol. The number of carbonyl (C=O) groups excluding carboxylic acids is 1. The summed E-state index contributed by atoms with van der Waals surface area (Å²) in [5.41, 5.74) is 2.84. The number of hydrogen-bond acceptors (Lipinski definition) is 9. The Morgan fingerprint density at radius 3 is 2.83 bits per heavy atom. The molecule has 0 bridgehead atoms. The molecule has 5 heterocycles. The molecule has 0 unspecified atom stereocenters. The molecule has 3 N–H and O–H groups in total. The van der Waals surface area contributed by atoms with E-state index >= 15 is 0 Å². The molecule has 5 rings (SSSR count). The number of piperidine rings is 1. The Morgan fingerprint density at radius 1 is 1.20 bits per heavy atom. The minimum absolute atomic E-state index is 0. The zero-order chi connectivity index (χ0) is 23.5. The molecular formula is C24H29ClN6O3S. The van der Waals surface area contributed by atoms with Crippen LogP contribution in [0.3, 0.4) is 0 Å². The number of thioether (sulfide) groups is 1. The number of carbonyl (C=O) groups is 1. The molecule has 9 nitrogen and oxygen atoms in total. The molecule has 186 valence electrons. The zero-order valence-corrected chi connectivity index (χ0v) is 21.1. The van der Waals surface area contributed by atoms with Crippen LogP contribution in [-0.2, 0) is 11.3 Å². The summed E-state index contributed by atoms with van der Waals surface area (Å²) < 4.78 is 5.29. The van der Waals surface area contributed by atoms with Crippen LogP contribution in [0.25, 0.3) is 11.0 Å². The molecule has 0 aliphatic carbocycles. The summed E-state index contributed by atoms with van der Waals surface area (Å²) in [6, 6.07) is 9.69. The number of methoxy groups -OCH3 is 1.